The maximum absolute atomic E-state index is 12.4. The van der Waals surface area contributed by atoms with Gasteiger partial charge in [0.2, 0.25) is 0 Å². The van der Waals surface area contributed by atoms with Gasteiger partial charge in [-0.1, -0.05) is 29.8 Å². The van der Waals surface area contributed by atoms with Gasteiger partial charge in [0.1, 0.15) is 0 Å². The van der Waals surface area contributed by atoms with Crippen molar-refractivity contribution < 1.29 is 9.00 Å². The van der Waals surface area contributed by atoms with Crippen molar-refractivity contribution in [3.05, 3.63) is 64.7 Å². The summed E-state index contributed by atoms with van der Waals surface area (Å²) in [5, 5.41) is 0. The number of aryl methyl sites for hydroxylation is 3. The lowest BCUT2D eigenvalue weighted by atomic mass is 10.1. The number of hydrogen-bond acceptors (Lipinski definition) is 2. The van der Waals surface area contributed by atoms with Crippen molar-refractivity contribution in [2.75, 3.05) is 5.75 Å². The zero-order valence-electron chi connectivity index (χ0n) is 12.1. The van der Waals surface area contributed by atoms with E-state index >= 15 is 0 Å². The summed E-state index contributed by atoms with van der Waals surface area (Å²) in [6.45, 7) is 1.95. The first-order chi connectivity index (χ1) is 10.1. The Morgan fingerprint density at radius 2 is 1.90 bits per heavy atom. The molecule has 108 valence electrons. The molecule has 0 N–H and O–H groups in total. The summed E-state index contributed by atoms with van der Waals surface area (Å²) in [6.07, 6.45) is 3.35. The molecule has 0 heterocycles. The van der Waals surface area contributed by atoms with E-state index in [1.54, 1.807) is 6.07 Å². The second-order valence-corrected chi connectivity index (χ2v) is 7.02. The third kappa shape index (κ3) is 3.13. The number of Topliss-reactive ketones (excluding diaryl/α,β-unsaturated/α-hetero) is 1. The third-order valence-corrected chi connectivity index (χ3v) is 5.24. The summed E-state index contributed by atoms with van der Waals surface area (Å²) in [5.74, 6) is -0.0000631. The van der Waals surface area contributed by atoms with Crippen LogP contribution in [0.1, 0.15) is 33.5 Å². The van der Waals surface area contributed by atoms with Gasteiger partial charge in [0.25, 0.3) is 0 Å². The fraction of sp³-hybridized carbons (Fsp3) is 0.278. The Morgan fingerprint density at radius 1 is 1.10 bits per heavy atom. The van der Waals surface area contributed by atoms with Crippen molar-refractivity contribution in [3.63, 3.8) is 0 Å². The van der Waals surface area contributed by atoms with Crippen molar-refractivity contribution in [1.29, 1.82) is 0 Å². The van der Waals surface area contributed by atoms with Gasteiger partial charge in [0.05, 0.1) is 16.6 Å². The highest BCUT2D eigenvalue weighted by atomic mass is 32.2. The predicted molar refractivity (Wildman–Crippen MR) is 85.3 cm³/mol. The van der Waals surface area contributed by atoms with Crippen LogP contribution in [0.4, 0.5) is 0 Å². The molecule has 0 amide bonds. The average molecular weight is 298 g/mol. The molecule has 0 spiro atoms. The van der Waals surface area contributed by atoms with Crippen LogP contribution in [0.2, 0.25) is 0 Å². The lowest BCUT2D eigenvalue weighted by molar-refractivity contribution is 0.102. The number of hydrogen-bond donors (Lipinski definition) is 0. The molecule has 1 atom stereocenters. The lowest BCUT2D eigenvalue weighted by Crippen LogP contribution is -2.11. The lowest BCUT2D eigenvalue weighted by Gasteiger charge is -2.06. The summed E-state index contributed by atoms with van der Waals surface area (Å²) < 4.78 is 12.4. The first-order valence-electron chi connectivity index (χ1n) is 7.23. The first-order valence-corrected chi connectivity index (χ1v) is 8.55. The van der Waals surface area contributed by atoms with Crippen LogP contribution in [0, 0.1) is 6.92 Å². The fourth-order valence-electron chi connectivity index (χ4n) is 2.79. The van der Waals surface area contributed by atoms with Gasteiger partial charge in [0, 0.05) is 10.5 Å². The molecule has 1 aliphatic carbocycles. The summed E-state index contributed by atoms with van der Waals surface area (Å²) in [7, 11) is -1.26. The Labute approximate surface area is 127 Å². The van der Waals surface area contributed by atoms with E-state index in [-0.39, 0.29) is 11.5 Å². The van der Waals surface area contributed by atoms with Crippen LogP contribution >= 0.6 is 0 Å². The van der Waals surface area contributed by atoms with Gasteiger partial charge < -0.3 is 0 Å². The molecule has 0 aliphatic heterocycles. The number of benzene rings is 2. The van der Waals surface area contributed by atoms with E-state index in [2.05, 4.69) is 6.07 Å². The maximum atomic E-state index is 12.4. The van der Waals surface area contributed by atoms with E-state index in [1.807, 2.05) is 37.3 Å². The maximum Gasteiger partial charge on any atom is 0.175 e. The van der Waals surface area contributed by atoms with Crippen LogP contribution in [0.3, 0.4) is 0 Å². The van der Waals surface area contributed by atoms with Crippen LogP contribution < -0.4 is 0 Å². The number of fused-ring (bicyclic) bond motifs is 1. The molecule has 1 unspecified atom stereocenters. The smallest absolute Gasteiger partial charge is 0.175 e. The van der Waals surface area contributed by atoms with E-state index in [4.69, 9.17) is 0 Å². The Kier molecular flexibility index (Phi) is 4.02. The zero-order valence-corrected chi connectivity index (χ0v) is 12.9. The molecule has 0 fully saturated rings. The summed E-state index contributed by atoms with van der Waals surface area (Å²) in [5.41, 5.74) is 4.35. The second kappa shape index (κ2) is 5.94. The molecule has 0 radical (unpaired) electrons. The SMILES string of the molecule is Cc1cccc(C(=O)CS(=O)c2ccc3c(c2)CCC3)c1. The highest BCUT2D eigenvalue weighted by molar-refractivity contribution is 7.85. The molecular weight excluding hydrogens is 280 g/mol. The number of carbonyl (C=O) groups excluding carboxylic acids is 1. The molecule has 0 saturated heterocycles. The highest BCUT2D eigenvalue weighted by Crippen LogP contribution is 2.24. The average Bonchev–Trinajstić information content (AvgIpc) is 2.94. The van der Waals surface area contributed by atoms with Gasteiger partial charge in [-0.3, -0.25) is 9.00 Å². The Morgan fingerprint density at radius 3 is 2.71 bits per heavy atom. The summed E-state index contributed by atoms with van der Waals surface area (Å²) >= 11 is 0. The number of carbonyl (C=O) groups is 1. The minimum absolute atomic E-state index is 0.0578. The zero-order chi connectivity index (χ0) is 14.8. The molecule has 21 heavy (non-hydrogen) atoms. The molecule has 0 aromatic heterocycles. The van der Waals surface area contributed by atoms with Crippen LogP contribution in [0.5, 0.6) is 0 Å². The van der Waals surface area contributed by atoms with Gasteiger partial charge in [0.15, 0.2) is 5.78 Å². The summed E-state index contributed by atoms with van der Waals surface area (Å²) in [4.78, 5) is 13.0. The van der Waals surface area contributed by atoms with Crippen molar-refractivity contribution in [2.45, 2.75) is 31.1 Å². The van der Waals surface area contributed by atoms with E-state index in [1.165, 1.54) is 17.5 Å². The van der Waals surface area contributed by atoms with Gasteiger partial charge in [-0.15, -0.1) is 0 Å². The Hall–Kier alpha value is -1.74. The fourth-order valence-corrected chi connectivity index (χ4v) is 3.86. The molecule has 3 rings (SSSR count). The molecule has 2 aromatic rings. The minimum Gasteiger partial charge on any atom is -0.293 e. The van der Waals surface area contributed by atoms with Crippen LogP contribution in [-0.4, -0.2) is 15.7 Å². The first kappa shape index (κ1) is 14.2. The van der Waals surface area contributed by atoms with Gasteiger partial charge >= 0.3 is 0 Å². The number of ketones is 1. The predicted octanol–water partition coefficient (Wildman–Crippen LogP) is 3.47. The highest BCUT2D eigenvalue weighted by Gasteiger charge is 2.16. The monoisotopic (exact) mass is 298 g/mol. The Balaban J connectivity index is 1.76. The quantitative estimate of drug-likeness (QED) is 0.810. The van der Waals surface area contributed by atoms with E-state index < -0.39 is 10.8 Å². The molecule has 3 heteroatoms. The largest absolute Gasteiger partial charge is 0.293 e. The van der Waals surface area contributed by atoms with Crippen molar-refractivity contribution in [2.24, 2.45) is 0 Å². The number of rotatable bonds is 4. The standard InChI is InChI=1S/C18H18O2S/c1-13-4-2-7-16(10-13)18(19)12-21(20)17-9-8-14-5-3-6-15(14)11-17/h2,4,7-11H,3,5-6,12H2,1H3. The molecule has 0 saturated carbocycles. The molecule has 2 aromatic carbocycles. The van der Waals surface area contributed by atoms with Gasteiger partial charge in [-0.2, -0.15) is 0 Å². The van der Waals surface area contributed by atoms with Crippen LogP contribution in [-0.2, 0) is 23.6 Å². The molecule has 1 aliphatic rings. The molecule has 2 nitrogen and oxygen atoms in total. The van der Waals surface area contributed by atoms with Gasteiger partial charge in [-0.25, -0.2) is 0 Å². The normalized spacial score (nSPS) is 14.7. The van der Waals surface area contributed by atoms with Crippen molar-refractivity contribution in [3.8, 4) is 0 Å². The second-order valence-electron chi connectivity index (χ2n) is 5.57. The summed E-state index contributed by atoms with van der Waals surface area (Å²) in [6, 6.07) is 13.4. The van der Waals surface area contributed by atoms with E-state index in [9.17, 15) is 9.00 Å². The molecule has 0 bridgehead atoms. The van der Waals surface area contributed by atoms with E-state index in [0.29, 0.717) is 5.56 Å². The Bertz CT molecular complexity index is 719. The van der Waals surface area contributed by atoms with Crippen LogP contribution in [0.25, 0.3) is 0 Å². The van der Waals surface area contributed by atoms with Gasteiger partial charge in [-0.05, 0) is 55.5 Å². The van der Waals surface area contributed by atoms with Crippen molar-refractivity contribution >= 4 is 16.6 Å². The topological polar surface area (TPSA) is 34.1 Å². The van der Waals surface area contributed by atoms with Crippen molar-refractivity contribution in [1.82, 2.24) is 0 Å². The third-order valence-electron chi connectivity index (χ3n) is 3.94. The minimum atomic E-state index is -1.26. The van der Waals surface area contributed by atoms with Crippen LogP contribution in [0.15, 0.2) is 47.4 Å². The van der Waals surface area contributed by atoms with E-state index in [0.717, 1.165) is 23.3 Å². The molecular formula is C18H18O2S.